The second-order valence-electron chi connectivity index (χ2n) is 7.80. The molecule has 3 unspecified atom stereocenters. The van der Waals surface area contributed by atoms with Crippen LogP contribution in [0.4, 0.5) is 0 Å². The van der Waals surface area contributed by atoms with Crippen LogP contribution in [-0.2, 0) is 11.3 Å². The molecule has 7 heteroatoms. The van der Waals surface area contributed by atoms with Gasteiger partial charge in [0.25, 0.3) is 0 Å². The first kappa shape index (κ1) is 21.5. The lowest BCUT2D eigenvalue weighted by Crippen LogP contribution is -2.47. The van der Waals surface area contributed by atoms with Gasteiger partial charge in [0.2, 0.25) is 0 Å². The van der Waals surface area contributed by atoms with Gasteiger partial charge in [-0.05, 0) is 62.6 Å². The number of benzene rings is 1. The molecule has 2 saturated heterocycles. The van der Waals surface area contributed by atoms with Gasteiger partial charge in [-0.15, -0.1) is 24.0 Å². The molecule has 1 aromatic carbocycles. The van der Waals surface area contributed by atoms with Gasteiger partial charge in [0.05, 0.1) is 31.5 Å². The third-order valence-corrected chi connectivity index (χ3v) is 5.94. The van der Waals surface area contributed by atoms with Crippen molar-refractivity contribution in [3.05, 3.63) is 23.8 Å². The fraction of sp³-hybridized carbons (Fsp3) is 0.667. The van der Waals surface area contributed by atoms with Crippen LogP contribution in [0.25, 0.3) is 0 Å². The smallest absolute Gasteiger partial charge is 0.191 e. The van der Waals surface area contributed by atoms with Crippen molar-refractivity contribution in [1.29, 1.82) is 0 Å². The number of ether oxygens (including phenoxy) is 3. The first-order valence-electron chi connectivity index (χ1n) is 10.2. The summed E-state index contributed by atoms with van der Waals surface area (Å²) < 4.78 is 17.6. The molecule has 2 N–H and O–H groups in total. The third kappa shape index (κ3) is 5.03. The summed E-state index contributed by atoms with van der Waals surface area (Å²) in [7, 11) is 3.50. The van der Waals surface area contributed by atoms with E-state index in [4.69, 9.17) is 14.2 Å². The maximum absolute atomic E-state index is 6.20. The van der Waals surface area contributed by atoms with E-state index in [0.717, 1.165) is 48.7 Å². The number of halogens is 1. The van der Waals surface area contributed by atoms with E-state index >= 15 is 0 Å². The molecular weight excluding hydrogens is 469 g/mol. The predicted octanol–water partition coefficient (Wildman–Crippen LogP) is 3.62. The third-order valence-electron chi connectivity index (χ3n) is 5.94. The second kappa shape index (κ2) is 10.0. The minimum absolute atomic E-state index is 0. The highest BCUT2D eigenvalue weighted by molar-refractivity contribution is 14.0. The van der Waals surface area contributed by atoms with Crippen LogP contribution in [0, 0.1) is 0 Å². The molecule has 0 radical (unpaired) electrons. The monoisotopic (exact) mass is 501 g/mol. The Morgan fingerprint density at radius 3 is 2.64 bits per heavy atom. The summed E-state index contributed by atoms with van der Waals surface area (Å²) in [5, 5.41) is 6.94. The van der Waals surface area contributed by atoms with Gasteiger partial charge >= 0.3 is 0 Å². The first-order chi connectivity index (χ1) is 13.2. The fourth-order valence-corrected chi connectivity index (χ4v) is 4.45. The number of methoxy groups -OCH3 is 1. The SMILES string of the molecule is CN=C(NCc1ccc(OC)c(OC2CCCC2)c1)NC1CC2CCC1O2.I. The summed E-state index contributed by atoms with van der Waals surface area (Å²) in [6.07, 6.45) is 9.28. The van der Waals surface area contributed by atoms with Crippen molar-refractivity contribution >= 4 is 29.9 Å². The Kier molecular flexibility index (Phi) is 7.68. The second-order valence-corrected chi connectivity index (χ2v) is 7.80. The maximum atomic E-state index is 6.20. The lowest BCUT2D eigenvalue weighted by Gasteiger charge is -2.23. The lowest BCUT2D eigenvalue weighted by molar-refractivity contribution is 0.0992. The standard InChI is InChI=1S/C21H31N3O3.HI/c1-22-21(24-17-12-16-8-10-18(17)27-16)23-13-14-7-9-19(25-2)20(11-14)26-15-5-3-4-6-15;/h7,9,11,15-18H,3-6,8,10,12-13H2,1-2H3,(H2,22,23,24);1H. The number of hydrogen-bond acceptors (Lipinski definition) is 4. The number of hydrogen-bond donors (Lipinski definition) is 2. The topological polar surface area (TPSA) is 64.1 Å². The van der Waals surface area contributed by atoms with Crippen LogP contribution >= 0.6 is 24.0 Å². The molecule has 0 amide bonds. The number of nitrogens with zero attached hydrogens (tertiary/aromatic N) is 1. The van der Waals surface area contributed by atoms with Gasteiger partial charge in [-0.1, -0.05) is 6.07 Å². The van der Waals surface area contributed by atoms with Gasteiger partial charge < -0.3 is 24.8 Å². The number of rotatable bonds is 6. The van der Waals surface area contributed by atoms with Crippen LogP contribution in [0.5, 0.6) is 11.5 Å². The fourth-order valence-electron chi connectivity index (χ4n) is 4.45. The Balaban J connectivity index is 0.00000225. The molecule has 1 aliphatic carbocycles. The molecular formula is C21H32IN3O3. The Bertz CT molecular complexity index is 679. The van der Waals surface area contributed by atoms with Crippen molar-refractivity contribution < 1.29 is 14.2 Å². The van der Waals surface area contributed by atoms with Gasteiger partial charge in [0, 0.05) is 13.6 Å². The van der Waals surface area contributed by atoms with Crippen molar-refractivity contribution in [2.45, 2.75) is 75.8 Å². The van der Waals surface area contributed by atoms with Crippen molar-refractivity contribution in [1.82, 2.24) is 10.6 Å². The lowest BCUT2D eigenvalue weighted by atomic mass is 9.96. The summed E-state index contributed by atoms with van der Waals surface area (Å²) in [6.45, 7) is 0.687. The van der Waals surface area contributed by atoms with Crippen molar-refractivity contribution in [3.63, 3.8) is 0 Å². The van der Waals surface area contributed by atoms with E-state index in [9.17, 15) is 0 Å². The van der Waals surface area contributed by atoms with Crippen LogP contribution < -0.4 is 20.1 Å². The number of guanidine groups is 1. The molecule has 28 heavy (non-hydrogen) atoms. The minimum Gasteiger partial charge on any atom is -0.493 e. The minimum atomic E-state index is 0. The van der Waals surface area contributed by atoms with E-state index in [1.165, 1.54) is 19.3 Å². The largest absolute Gasteiger partial charge is 0.493 e. The zero-order valence-corrected chi connectivity index (χ0v) is 19.1. The molecule has 156 valence electrons. The van der Waals surface area contributed by atoms with Crippen LogP contribution in [0.15, 0.2) is 23.2 Å². The Morgan fingerprint density at radius 2 is 2.00 bits per heavy atom. The summed E-state index contributed by atoms with van der Waals surface area (Å²) in [6, 6.07) is 6.51. The highest BCUT2D eigenvalue weighted by Crippen LogP contribution is 2.34. The summed E-state index contributed by atoms with van der Waals surface area (Å²) in [5.41, 5.74) is 1.15. The van der Waals surface area contributed by atoms with Gasteiger partial charge in [0.15, 0.2) is 17.5 Å². The molecule has 6 nitrogen and oxygen atoms in total. The molecule has 0 spiro atoms. The average molecular weight is 501 g/mol. The summed E-state index contributed by atoms with van der Waals surface area (Å²) in [5.74, 6) is 2.46. The summed E-state index contributed by atoms with van der Waals surface area (Å²) >= 11 is 0. The molecule has 2 bridgehead atoms. The molecule has 4 rings (SSSR count). The number of aliphatic imine (C=N–C) groups is 1. The molecule has 1 saturated carbocycles. The van der Waals surface area contributed by atoms with Crippen molar-refractivity contribution in [2.75, 3.05) is 14.2 Å². The van der Waals surface area contributed by atoms with Crippen LogP contribution in [-0.4, -0.2) is 44.5 Å². The molecule has 0 aromatic heterocycles. The van der Waals surface area contributed by atoms with Crippen molar-refractivity contribution in [3.8, 4) is 11.5 Å². The Morgan fingerprint density at radius 1 is 1.18 bits per heavy atom. The van der Waals surface area contributed by atoms with E-state index < -0.39 is 0 Å². The van der Waals surface area contributed by atoms with E-state index in [-0.39, 0.29) is 24.0 Å². The van der Waals surface area contributed by atoms with Gasteiger partial charge in [-0.2, -0.15) is 0 Å². The van der Waals surface area contributed by atoms with E-state index in [1.54, 1.807) is 7.11 Å². The van der Waals surface area contributed by atoms with E-state index in [0.29, 0.717) is 30.9 Å². The number of nitrogens with one attached hydrogen (secondary N) is 2. The van der Waals surface area contributed by atoms with Gasteiger partial charge in [-0.25, -0.2) is 0 Å². The van der Waals surface area contributed by atoms with Crippen LogP contribution in [0.1, 0.15) is 50.5 Å². The highest BCUT2D eigenvalue weighted by Gasteiger charge is 2.41. The molecule has 3 fully saturated rings. The Labute approximate surface area is 184 Å². The Hall–Kier alpha value is -1.22. The van der Waals surface area contributed by atoms with E-state index in [2.05, 4.69) is 27.8 Å². The zero-order valence-electron chi connectivity index (χ0n) is 16.8. The molecule has 3 aliphatic rings. The molecule has 2 aliphatic heterocycles. The number of fused-ring (bicyclic) bond motifs is 2. The molecule has 2 heterocycles. The quantitative estimate of drug-likeness (QED) is 0.354. The average Bonchev–Trinajstić information content (AvgIpc) is 3.44. The van der Waals surface area contributed by atoms with Crippen LogP contribution in [0.3, 0.4) is 0 Å². The van der Waals surface area contributed by atoms with E-state index in [1.807, 2.05) is 13.1 Å². The normalized spacial score (nSPS) is 26.8. The first-order valence-corrected chi connectivity index (χ1v) is 10.2. The predicted molar refractivity (Wildman–Crippen MR) is 121 cm³/mol. The highest BCUT2D eigenvalue weighted by atomic mass is 127. The van der Waals surface area contributed by atoms with Gasteiger partial charge in [0.1, 0.15) is 0 Å². The summed E-state index contributed by atoms with van der Waals surface area (Å²) in [4.78, 5) is 4.37. The van der Waals surface area contributed by atoms with Crippen LogP contribution in [0.2, 0.25) is 0 Å². The van der Waals surface area contributed by atoms with Gasteiger partial charge in [-0.3, -0.25) is 4.99 Å². The maximum Gasteiger partial charge on any atom is 0.191 e. The molecule has 1 aromatic rings. The van der Waals surface area contributed by atoms with Crippen molar-refractivity contribution in [2.24, 2.45) is 4.99 Å². The molecule has 3 atom stereocenters. The zero-order chi connectivity index (χ0) is 18.6.